The van der Waals surface area contributed by atoms with E-state index in [1.54, 1.807) is 48.5 Å². The van der Waals surface area contributed by atoms with Crippen LogP contribution in [0.1, 0.15) is 33.4 Å². The fourth-order valence-electron chi connectivity index (χ4n) is 4.38. The highest BCUT2D eigenvalue weighted by molar-refractivity contribution is 5.85. The van der Waals surface area contributed by atoms with Crippen molar-refractivity contribution in [3.05, 3.63) is 123 Å². The van der Waals surface area contributed by atoms with Gasteiger partial charge in [0.25, 0.3) is 5.56 Å². The smallest absolute Gasteiger partial charge is 0.417 e. The Kier molecular flexibility index (Phi) is 7.54. The molecule has 0 atom stereocenters. The van der Waals surface area contributed by atoms with Crippen molar-refractivity contribution in [1.82, 2.24) is 4.57 Å². The van der Waals surface area contributed by atoms with Gasteiger partial charge in [0.15, 0.2) is 0 Å². The minimum atomic E-state index is -4.89. The maximum Gasteiger partial charge on any atom is 0.417 e. The van der Waals surface area contributed by atoms with Crippen LogP contribution in [0.3, 0.4) is 0 Å². The molecule has 0 saturated heterocycles. The average Bonchev–Trinajstić information content (AvgIpc) is 2.89. The summed E-state index contributed by atoms with van der Waals surface area (Å²) in [4.78, 5) is 24.1. The monoisotopic (exact) mass is 528 g/mol. The van der Waals surface area contributed by atoms with Crippen LogP contribution in [0, 0.1) is 25.2 Å². The fourth-order valence-corrected chi connectivity index (χ4v) is 4.38. The molecule has 0 saturated carbocycles. The summed E-state index contributed by atoms with van der Waals surface area (Å²) < 4.78 is 43.0. The number of alkyl halides is 3. The average molecular weight is 529 g/mol. The van der Waals surface area contributed by atoms with Gasteiger partial charge in [0.2, 0.25) is 0 Å². The molecule has 1 N–H and O–H groups in total. The molecule has 0 spiro atoms. The van der Waals surface area contributed by atoms with E-state index in [2.05, 4.69) is 0 Å². The zero-order valence-electron chi connectivity index (χ0n) is 21.1. The molecule has 0 aliphatic heterocycles. The third-order valence-corrected chi connectivity index (χ3v) is 6.36. The Bertz CT molecular complexity index is 1690. The maximum atomic E-state index is 13.9. The van der Waals surface area contributed by atoms with E-state index >= 15 is 0 Å². The first-order valence-electron chi connectivity index (χ1n) is 11.9. The van der Waals surface area contributed by atoms with E-state index in [1.807, 2.05) is 32.0 Å². The highest BCUT2D eigenvalue weighted by Gasteiger charge is 2.36. The lowest BCUT2D eigenvalue weighted by molar-refractivity contribution is -0.138. The number of rotatable bonds is 6. The molecule has 5 nitrogen and oxygen atoms in total. The van der Waals surface area contributed by atoms with Crippen LogP contribution in [-0.2, 0) is 17.5 Å². The van der Waals surface area contributed by atoms with Crippen molar-refractivity contribution in [3.8, 4) is 28.5 Å². The molecule has 0 unspecified atom stereocenters. The summed E-state index contributed by atoms with van der Waals surface area (Å²) in [6.07, 6.45) is -2.42. The number of halogens is 3. The van der Waals surface area contributed by atoms with E-state index < -0.39 is 28.8 Å². The summed E-state index contributed by atoms with van der Waals surface area (Å²) in [6.45, 7) is 3.76. The van der Waals surface area contributed by atoms with Crippen LogP contribution in [0.25, 0.3) is 28.5 Å². The lowest BCUT2D eigenvalue weighted by atomic mass is 9.98. The minimum absolute atomic E-state index is 0.0120. The molecule has 0 aliphatic carbocycles. The van der Waals surface area contributed by atoms with Crippen LogP contribution < -0.4 is 5.56 Å². The molecular formula is C31H23F3N2O3. The molecule has 3 aromatic carbocycles. The summed E-state index contributed by atoms with van der Waals surface area (Å²) in [6, 6.07) is 21.7. The SMILES string of the molecule is Cc1ccc(Cn2c(-c3cccc(-c4ccc(C=CC(=O)O)cc4)c3)cc(C(F)(F)F)c(C#N)c2=O)c(C)c1. The molecule has 4 rings (SSSR count). The normalized spacial score (nSPS) is 11.5. The molecule has 8 heteroatoms. The number of aryl methyl sites for hydroxylation is 2. The van der Waals surface area contributed by atoms with E-state index in [0.717, 1.165) is 34.4 Å². The lowest BCUT2D eigenvalue weighted by Crippen LogP contribution is -2.29. The number of carboxylic acid groups (broad SMARTS) is 1. The first-order valence-corrected chi connectivity index (χ1v) is 11.9. The van der Waals surface area contributed by atoms with Crippen molar-refractivity contribution in [2.75, 3.05) is 0 Å². The van der Waals surface area contributed by atoms with Gasteiger partial charge >= 0.3 is 12.1 Å². The molecule has 0 fully saturated rings. The highest BCUT2D eigenvalue weighted by atomic mass is 19.4. The largest absolute Gasteiger partial charge is 0.478 e. The number of hydrogen-bond donors (Lipinski definition) is 1. The van der Waals surface area contributed by atoms with Crippen LogP contribution in [0.4, 0.5) is 13.2 Å². The maximum absolute atomic E-state index is 13.9. The van der Waals surface area contributed by atoms with Gasteiger partial charge in [-0.3, -0.25) is 4.79 Å². The summed E-state index contributed by atoms with van der Waals surface area (Å²) in [5.74, 6) is -1.07. The van der Waals surface area contributed by atoms with Gasteiger partial charge in [-0.2, -0.15) is 18.4 Å². The molecule has 1 heterocycles. The molecular weight excluding hydrogens is 505 g/mol. The van der Waals surface area contributed by atoms with Gasteiger partial charge in [0.1, 0.15) is 11.6 Å². The van der Waals surface area contributed by atoms with Crippen LogP contribution in [0.5, 0.6) is 0 Å². The second-order valence-corrected chi connectivity index (χ2v) is 9.12. The second-order valence-electron chi connectivity index (χ2n) is 9.12. The van der Waals surface area contributed by atoms with Gasteiger partial charge < -0.3 is 9.67 Å². The van der Waals surface area contributed by atoms with E-state index in [0.29, 0.717) is 16.7 Å². The van der Waals surface area contributed by atoms with Gasteiger partial charge in [0, 0.05) is 6.08 Å². The summed E-state index contributed by atoms with van der Waals surface area (Å²) >= 11 is 0. The molecule has 196 valence electrons. The number of aliphatic carboxylic acids is 1. The predicted molar refractivity (Wildman–Crippen MR) is 143 cm³/mol. The van der Waals surface area contributed by atoms with Gasteiger partial charge in [-0.1, -0.05) is 66.2 Å². The molecule has 39 heavy (non-hydrogen) atoms. The lowest BCUT2D eigenvalue weighted by Gasteiger charge is -2.19. The minimum Gasteiger partial charge on any atom is -0.478 e. The summed E-state index contributed by atoms with van der Waals surface area (Å²) in [5, 5.41) is 18.3. The number of nitrogens with zero attached hydrogens (tertiary/aromatic N) is 2. The molecule has 0 aliphatic rings. The Morgan fingerprint density at radius 1 is 0.974 bits per heavy atom. The topological polar surface area (TPSA) is 83.1 Å². The van der Waals surface area contributed by atoms with Crippen LogP contribution in [-0.4, -0.2) is 15.6 Å². The van der Waals surface area contributed by atoms with E-state index in [9.17, 15) is 28.0 Å². The number of benzene rings is 3. The third kappa shape index (κ3) is 5.99. The fraction of sp³-hybridized carbons (Fsp3) is 0.129. The number of carboxylic acids is 1. The number of carbonyl (C=O) groups is 1. The number of aromatic nitrogens is 1. The standard InChI is InChI=1S/C31H23F3N2O3/c1-19-6-10-25(20(2)14-19)18-36-28(16-27(31(32,33)34)26(17-35)30(36)39)24-5-3-4-23(15-24)22-11-7-21(8-12-22)9-13-29(37)38/h3-16H,18H2,1-2H3,(H,37,38). The van der Waals surface area contributed by atoms with Gasteiger partial charge in [-0.15, -0.1) is 0 Å². The van der Waals surface area contributed by atoms with E-state index in [1.165, 1.54) is 16.7 Å². The van der Waals surface area contributed by atoms with Gasteiger partial charge in [-0.25, -0.2) is 4.79 Å². The molecule has 0 amide bonds. The van der Waals surface area contributed by atoms with Gasteiger partial charge in [-0.05, 0) is 65.4 Å². The summed E-state index contributed by atoms with van der Waals surface area (Å²) in [7, 11) is 0. The van der Waals surface area contributed by atoms with Crippen molar-refractivity contribution in [1.29, 1.82) is 5.26 Å². The van der Waals surface area contributed by atoms with Crippen molar-refractivity contribution < 1.29 is 23.1 Å². The van der Waals surface area contributed by atoms with Crippen molar-refractivity contribution >= 4 is 12.0 Å². The van der Waals surface area contributed by atoms with Crippen LogP contribution in [0.2, 0.25) is 0 Å². The molecule has 0 bridgehead atoms. The zero-order chi connectivity index (χ0) is 28.3. The number of hydrogen-bond acceptors (Lipinski definition) is 3. The van der Waals surface area contributed by atoms with Crippen molar-refractivity contribution in [2.24, 2.45) is 0 Å². The third-order valence-electron chi connectivity index (χ3n) is 6.36. The van der Waals surface area contributed by atoms with Gasteiger partial charge in [0.05, 0.1) is 17.8 Å². The quantitative estimate of drug-likeness (QED) is 0.278. The Morgan fingerprint density at radius 2 is 1.67 bits per heavy atom. The predicted octanol–water partition coefficient (Wildman–Crippen LogP) is 6.84. The Labute approximate surface area is 222 Å². The zero-order valence-corrected chi connectivity index (χ0v) is 21.1. The molecule has 0 radical (unpaired) electrons. The van der Waals surface area contributed by atoms with Crippen LogP contribution >= 0.6 is 0 Å². The Morgan fingerprint density at radius 3 is 2.28 bits per heavy atom. The van der Waals surface area contributed by atoms with E-state index in [4.69, 9.17) is 5.11 Å². The first-order chi connectivity index (χ1) is 18.5. The Balaban J connectivity index is 1.88. The van der Waals surface area contributed by atoms with E-state index in [-0.39, 0.29) is 12.2 Å². The summed E-state index contributed by atoms with van der Waals surface area (Å²) in [5.41, 5.74) is 1.90. The molecule has 1 aromatic heterocycles. The second kappa shape index (κ2) is 10.8. The van der Waals surface area contributed by atoms with Crippen molar-refractivity contribution in [3.63, 3.8) is 0 Å². The van der Waals surface area contributed by atoms with Crippen molar-refractivity contribution in [2.45, 2.75) is 26.6 Å². The molecule has 4 aromatic rings. The highest BCUT2D eigenvalue weighted by Crippen LogP contribution is 2.35. The van der Waals surface area contributed by atoms with Crippen LogP contribution in [0.15, 0.2) is 83.7 Å². The first kappa shape index (κ1) is 27.1. The number of nitriles is 1. The Hall–Kier alpha value is -4.90. The number of pyridine rings is 1.